The van der Waals surface area contributed by atoms with Gasteiger partial charge in [-0.3, -0.25) is 0 Å². The predicted molar refractivity (Wildman–Crippen MR) is 33.4 cm³/mol. The Morgan fingerprint density at radius 2 is 1.86 bits per heavy atom. The summed E-state index contributed by atoms with van der Waals surface area (Å²) < 4.78 is 5.17. The van der Waals surface area contributed by atoms with Crippen LogP contribution in [-0.2, 0) is 4.74 Å². The molecule has 1 saturated heterocycles. The van der Waals surface area contributed by atoms with Gasteiger partial charge in [0, 0.05) is 22.0 Å². The van der Waals surface area contributed by atoms with Crippen LogP contribution in [0.25, 0.3) is 0 Å². The minimum absolute atomic E-state index is 0.220. The average molecular weight is 116 g/mol. The molecule has 0 aliphatic carbocycles. The molecule has 0 N–H and O–H groups in total. The van der Waals surface area contributed by atoms with E-state index in [4.69, 9.17) is 4.74 Å². The van der Waals surface area contributed by atoms with E-state index in [1.54, 1.807) is 0 Å². The summed E-state index contributed by atoms with van der Waals surface area (Å²) in [5.41, 5.74) is 0. The van der Waals surface area contributed by atoms with Gasteiger partial charge in [-0.2, -0.15) is 0 Å². The third-order valence-corrected chi connectivity index (χ3v) is 3.95. The second-order valence-electron chi connectivity index (χ2n) is 2.29. The predicted octanol–water partition coefficient (Wildman–Crippen LogP) is 0.873. The Morgan fingerprint density at radius 3 is 2.14 bits per heavy atom. The first kappa shape index (κ1) is 5.32. The third-order valence-electron chi connectivity index (χ3n) is 1.51. The average Bonchev–Trinajstić information content (AvgIpc) is 1.69. The molecule has 0 aromatic carbocycles. The van der Waals surface area contributed by atoms with Crippen molar-refractivity contribution in [2.45, 2.75) is 18.6 Å². The first-order valence-corrected chi connectivity index (χ1v) is 5.76. The summed E-state index contributed by atoms with van der Waals surface area (Å²) >= 11 is 0. The highest BCUT2D eigenvalue weighted by atomic mass is 28.3. The second-order valence-corrected chi connectivity index (χ2v) is 5.66. The molecule has 0 aromatic rings. The van der Waals surface area contributed by atoms with Crippen LogP contribution < -0.4 is 0 Å². The van der Waals surface area contributed by atoms with E-state index in [1.165, 1.54) is 12.1 Å². The van der Waals surface area contributed by atoms with Crippen LogP contribution >= 0.6 is 0 Å². The molecule has 1 fully saturated rings. The molecular formula is C5H12OSi. The van der Waals surface area contributed by atoms with Gasteiger partial charge in [-0.25, -0.2) is 0 Å². The lowest BCUT2D eigenvalue weighted by molar-refractivity contribution is 0.151. The van der Waals surface area contributed by atoms with Gasteiger partial charge in [-0.05, 0) is 12.1 Å². The maximum Gasteiger partial charge on any atom is 0.0439 e. The molecule has 0 aromatic heterocycles. The lowest BCUT2D eigenvalue weighted by atomic mass is 10.8. The maximum atomic E-state index is 5.17. The van der Waals surface area contributed by atoms with E-state index in [1.807, 2.05) is 0 Å². The molecule has 1 nitrogen and oxygen atoms in total. The van der Waals surface area contributed by atoms with E-state index < -0.39 is 0 Å². The lowest BCUT2D eigenvalue weighted by Crippen LogP contribution is -2.19. The molecule has 1 aliphatic heterocycles. The summed E-state index contributed by atoms with van der Waals surface area (Å²) in [6.07, 6.45) is 0. The van der Waals surface area contributed by atoms with E-state index in [-0.39, 0.29) is 8.80 Å². The summed E-state index contributed by atoms with van der Waals surface area (Å²) in [4.78, 5) is 0. The first-order valence-electron chi connectivity index (χ1n) is 2.97. The molecule has 1 heterocycles. The molecule has 0 spiro atoms. The zero-order chi connectivity index (χ0) is 5.11. The molecule has 2 heteroatoms. The molecule has 0 amide bonds. The highest BCUT2D eigenvalue weighted by Gasteiger charge is 2.07. The fourth-order valence-corrected chi connectivity index (χ4v) is 2.24. The summed E-state index contributed by atoms with van der Waals surface area (Å²) in [5, 5.41) is 0. The molecule has 0 saturated carbocycles. The van der Waals surface area contributed by atoms with Crippen LogP contribution in [0.15, 0.2) is 0 Å². The molecule has 1 aliphatic rings. The Labute approximate surface area is 46.3 Å². The number of rotatable bonds is 0. The second kappa shape index (κ2) is 2.48. The van der Waals surface area contributed by atoms with Gasteiger partial charge in [0.2, 0.25) is 0 Å². The summed E-state index contributed by atoms with van der Waals surface area (Å²) in [6.45, 7) is 4.52. The van der Waals surface area contributed by atoms with Crippen molar-refractivity contribution in [1.82, 2.24) is 0 Å². The van der Waals surface area contributed by atoms with Crippen LogP contribution in [0.1, 0.15) is 0 Å². The Morgan fingerprint density at radius 1 is 1.29 bits per heavy atom. The zero-order valence-electron chi connectivity index (χ0n) is 4.81. The van der Waals surface area contributed by atoms with Crippen LogP contribution in [0.4, 0.5) is 0 Å². The van der Waals surface area contributed by atoms with Gasteiger partial charge in [0.1, 0.15) is 0 Å². The fourth-order valence-electron chi connectivity index (χ4n) is 0.815. The molecule has 0 radical (unpaired) electrons. The van der Waals surface area contributed by atoms with Crippen molar-refractivity contribution in [1.29, 1.82) is 0 Å². The van der Waals surface area contributed by atoms with Crippen LogP contribution in [0, 0.1) is 0 Å². The van der Waals surface area contributed by atoms with Gasteiger partial charge in [0.05, 0.1) is 0 Å². The maximum absolute atomic E-state index is 5.17. The van der Waals surface area contributed by atoms with Gasteiger partial charge < -0.3 is 4.74 Å². The Bertz CT molecular complexity index is 50.0. The van der Waals surface area contributed by atoms with Crippen molar-refractivity contribution < 1.29 is 4.74 Å². The fraction of sp³-hybridized carbons (Fsp3) is 1.00. The minimum Gasteiger partial charge on any atom is -0.382 e. The highest BCUT2D eigenvalue weighted by molar-refractivity contribution is 6.57. The van der Waals surface area contributed by atoms with Crippen molar-refractivity contribution >= 4 is 8.80 Å². The van der Waals surface area contributed by atoms with Crippen molar-refractivity contribution in [3.63, 3.8) is 0 Å². The van der Waals surface area contributed by atoms with E-state index in [0.717, 1.165) is 13.2 Å². The van der Waals surface area contributed by atoms with Crippen molar-refractivity contribution in [2.75, 3.05) is 13.2 Å². The Kier molecular flexibility index (Phi) is 1.88. The number of ether oxygens (including phenoxy) is 1. The van der Waals surface area contributed by atoms with Crippen LogP contribution in [-0.4, -0.2) is 22.0 Å². The molecular weight excluding hydrogens is 104 g/mol. The Hall–Kier alpha value is 0.177. The van der Waals surface area contributed by atoms with Gasteiger partial charge in [0.25, 0.3) is 0 Å². The minimum atomic E-state index is -0.220. The monoisotopic (exact) mass is 116 g/mol. The van der Waals surface area contributed by atoms with Crippen molar-refractivity contribution in [3.8, 4) is 0 Å². The van der Waals surface area contributed by atoms with Gasteiger partial charge in [-0.15, -0.1) is 0 Å². The topological polar surface area (TPSA) is 9.23 Å². The van der Waals surface area contributed by atoms with E-state index in [0.29, 0.717) is 0 Å². The molecule has 0 unspecified atom stereocenters. The summed E-state index contributed by atoms with van der Waals surface area (Å²) in [5.74, 6) is 0. The summed E-state index contributed by atoms with van der Waals surface area (Å²) in [6, 6.07) is 2.81. The quantitative estimate of drug-likeness (QED) is 0.427. The third kappa shape index (κ3) is 1.61. The van der Waals surface area contributed by atoms with E-state index in [9.17, 15) is 0 Å². The van der Waals surface area contributed by atoms with Crippen LogP contribution in [0.5, 0.6) is 0 Å². The Balaban J connectivity index is 2.12. The molecule has 0 bridgehead atoms. The molecule has 7 heavy (non-hydrogen) atoms. The van der Waals surface area contributed by atoms with Crippen molar-refractivity contribution in [2.24, 2.45) is 0 Å². The van der Waals surface area contributed by atoms with Gasteiger partial charge in [0.15, 0.2) is 0 Å². The van der Waals surface area contributed by atoms with E-state index in [2.05, 4.69) is 6.55 Å². The zero-order valence-corrected chi connectivity index (χ0v) is 5.97. The number of hydrogen-bond acceptors (Lipinski definition) is 1. The SMILES string of the molecule is C[SiH]1CCOCC1. The largest absolute Gasteiger partial charge is 0.382 e. The van der Waals surface area contributed by atoms with Gasteiger partial charge in [-0.1, -0.05) is 6.55 Å². The summed E-state index contributed by atoms with van der Waals surface area (Å²) in [7, 11) is -0.220. The standard InChI is InChI=1S/C5H12OSi/c1-7-4-2-6-3-5-7/h7H,2-5H2,1H3. The molecule has 1 rings (SSSR count). The first-order chi connectivity index (χ1) is 3.39. The highest BCUT2D eigenvalue weighted by Crippen LogP contribution is 2.05. The number of hydrogen-bond donors (Lipinski definition) is 0. The van der Waals surface area contributed by atoms with Crippen molar-refractivity contribution in [3.05, 3.63) is 0 Å². The lowest BCUT2D eigenvalue weighted by Gasteiger charge is -2.15. The van der Waals surface area contributed by atoms with E-state index >= 15 is 0 Å². The molecule has 0 atom stereocenters. The molecule has 42 valence electrons. The normalized spacial score (nSPS) is 25.3. The van der Waals surface area contributed by atoms with Crippen LogP contribution in [0.2, 0.25) is 18.6 Å². The van der Waals surface area contributed by atoms with Gasteiger partial charge >= 0.3 is 0 Å². The van der Waals surface area contributed by atoms with Crippen LogP contribution in [0.3, 0.4) is 0 Å². The smallest absolute Gasteiger partial charge is 0.0439 e.